The molecule has 0 unspecified atom stereocenters. The molecule has 0 aliphatic heterocycles. The Labute approximate surface area is 115 Å². The van der Waals surface area contributed by atoms with Crippen molar-refractivity contribution in [3.05, 3.63) is 66.5 Å². The van der Waals surface area contributed by atoms with E-state index in [4.69, 9.17) is 4.74 Å². The SMILES string of the molecule is O=C(Nc1cnn2ccccc12)OCc1ccccc1. The van der Waals surface area contributed by atoms with Crippen molar-refractivity contribution < 1.29 is 9.53 Å². The van der Waals surface area contributed by atoms with Gasteiger partial charge in [-0.2, -0.15) is 5.10 Å². The first-order chi connectivity index (χ1) is 9.83. The molecule has 1 N–H and O–H groups in total. The summed E-state index contributed by atoms with van der Waals surface area (Å²) in [5.74, 6) is 0. The second-order valence-corrected chi connectivity index (χ2v) is 4.28. The van der Waals surface area contributed by atoms with Crippen molar-refractivity contribution in [2.45, 2.75) is 6.61 Å². The lowest BCUT2D eigenvalue weighted by Gasteiger charge is -2.05. The van der Waals surface area contributed by atoms with E-state index in [0.717, 1.165) is 11.1 Å². The summed E-state index contributed by atoms with van der Waals surface area (Å²) < 4.78 is 6.85. The highest BCUT2D eigenvalue weighted by Crippen LogP contribution is 2.16. The van der Waals surface area contributed by atoms with Crippen LogP contribution in [0, 0.1) is 0 Å². The highest BCUT2D eigenvalue weighted by Gasteiger charge is 2.08. The minimum atomic E-state index is -0.493. The predicted octanol–water partition coefficient (Wildman–Crippen LogP) is 3.08. The van der Waals surface area contributed by atoms with Crippen molar-refractivity contribution in [2.24, 2.45) is 0 Å². The van der Waals surface area contributed by atoms with E-state index in [-0.39, 0.29) is 6.61 Å². The second kappa shape index (κ2) is 5.44. The van der Waals surface area contributed by atoms with E-state index >= 15 is 0 Å². The lowest BCUT2D eigenvalue weighted by Crippen LogP contribution is -2.13. The third-order valence-electron chi connectivity index (χ3n) is 2.88. The van der Waals surface area contributed by atoms with Gasteiger partial charge in [0, 0.05) is 6.20 Å². The number of pyridine rings is 1. The average Bonchev–Trinajstić information content (AvgIpc) is 2.90. The van der Waals surface area contributed by atoms with Crippen molar-refractivity contribution in [1.29, 1.82) is 0 Å². The van der Waals surface area contributed by atoms with Gasteiger partial charge in [0.25, 0.3) is 0 Å². The number of carbonyl (C=O) groups is 1. The first-order valence-electron chi connectivity index (χ1n) is 6.23. The molecular weight excluding hydrogens is 254 g/mol. The Morgan fingerprint density at radius 2 is 1.95 bits per heavy atom. The summed E-state index contributed by atoms with van der Waals surface area (Å²) in [5.41, 5.74) is 2.40. The van der Waals surface area contributed by atoms with Gasteiger partial charge >= 0.3 is 6.09 Å². The maximum Gasteiger partial charge on any atom is 0.412 e. The second-order valence-electron chi connectivity index (χ2n) is 4.28. The number of amides is 1. The highest BCUT2D eigenvalue weighted by molar-refractivity contribution is 5.90. The number of anilines is 1. The van der Waals surface area contributed by atoms with Crippen molar-refractivity contribution in [3.8, 4) is 0 Å². The van der Waals surface area contributed by atoms with Crippen LogP contribution in [0.5, 0.6) is 0 Å². The molecule has 0 bridgehead atoms. The molecule has 0 atom stereocenters. The van der Waals surface area contributed by atoms with Gasteiger partial charge in [0.05, 0.1) is 17.4 Å². The first kappa shape index (κ1) is 12.2. The topological polar surface area (TPSA) is 55.6 Å². The molecular formula is C15H13N3O2. The van der Waals surface area contributed by atoms with E-state index in [1.807, 2.05) is 54.7 Å². The van der Waals surface area contributed by atoms with Gasteiger partial charge in [-0.15, -0.1) is 0 Å². The largest absolute Gasteiger partial charge is 0.444 e. The van der Waals surface area contributed by atoms with Crippen LogP contribution in [0.2, 0.25) is 0 Å². The number of ether oxygens (including phenoxy) is 1. The van der Waals surface area contributed by atoms with Gasteiger partial charge in [-0.25, -0.2) is 9.31 Å². The molecule has 1 amide bonds. The van der Waals surface area contributed by atoms with Crippen LogP contribution in [0.3, 0.4) is 0 Å². The van der Waals surface area contributed by atoms with Crippen LogP contribution >= 0.6 is 0 Å². The van der Waals surface area contributed by atoms with Crippen LogP contribution in [-0.4, -0.2) is 15.7 Å². The highest BCUT2D eigenvalue weighted by atomic mass is 16.5. The molecule has 3 rings (SSSR count). The summed E-state index contributed by atoms with van der Waals surface area (Å²) in [6.07, 6.45) is 2.92. The molecule has 0 spiro atoms. The Hall–Kier alpha value is -2.82. The van der Waals surface area contributed by atoms with E-state index in [1.54, 1.807) is 10.7 Å². The number of nitrogens with zero attached hydrogens (tertiary/aromatic N) is 2. The van der Waals surface area contributed by atoms with Crippen LogP contribution in [0.4, 0.5) is 10.5 Å². The van der Waals surface area contributed by atoms with Crippen molar-refractivity contribution >= 4 is 17.3 Å². The molecule has 0 radical (unpaired) electrons. The normalized spacial score (nSPS) is 10.4. The first-order valence-corrected chi connectivity index (χ1v) is 6.23. The molecule has 1 aromatic carbocycles. The number of hydrogen-bond donors (Lipinski definition) is 1. The smallest absolute Gasteiger partial charge is 0.412 e. The molecule has 0 aliphatic carbocycles. The molecule has 5 heteroatoms. The fraction of sp³-hybridized carbons (Fsp3) is 0.0667. The standard InChI is InChI=1S/C15H13N3O2/c19-15(20-11-12-6-2-1-3-7-12)17-13-10-16-18-9-5-4-8-14(13)18/h1-10H,11H2,(H,17,19). The van der Waals surface area contributed by atoms with Crippen molar-refractivity contribution in [2.75, 3.05) is 5.32 Å². The van der Waals surface area contributed by atoms with E-state index in [9.17, 15) is 4.79 Å². The maximum atomic E-state index is 11.8. The average molecular weight is 267 g/mol. The van der Waals surface area contributed by atoms with E-state index in [1.165, 1.54) is 0 Å². The van der Waals surface area contributed by atoms with Crippen molar-refractivity contribution in [3.63, 3.8) is 0 Å². The fourth-order valence-electron chi connectivity index (χ4n) is 1.90. The number of benzene rings is 1. The van der Waals surface area contributed by atoms with Crippen molar-refractivity contribution in [1.82, 2.24) is 9.61 Å². The number of aromatic nitrogens is 2. The van der Waals surface area contributed by atoms with E-state index < -0.39 is 6.09 Å². The zero-order chi connectivity index (χ0) is 13.8. The van der Waals surface area contributed by atoms with Crippen LogP contribution in [-0.2, 0) is 11.3 Å². The molecule has 2 heterocycles. The van der Waals surface area contributed by atoms with E-state index in [0.29, 0.717) is 5.69 Å². The van der Waals surface area contributed by atoms with Crippen LogP contribution in [0.1, 0.15) is 5.56 Å². The molecule has 0 fully saturated rings. The maximum absolute atomic E-state index is 11.8. The quantitative estimate of drug-likeness (QED) is 0.793. The summed E-state index contributed by atoms with van der Waals surface area (Å²) in [6.45, 7) is 0.242. The monoisotopic (exact) mass is 267 g/mol. The molecule has 3 aromatic rings. The number of fused-ring (bicyclic) bond motifs is 1. The zero-order valence-corrected chi connectivity index (χ0v) is 10.7. The minimum absolute atomic E-state index is 0.242. The van der Waals surface area contributed by atoms with Crippen LogP contribution < -0.4 is 5.32 Å². The third-order valence-corrected chi connectivity index (χ3v) is 2.88. The Morgan fingerprint density at radius 1 is 1.15 bits per heavy atom. The van der Waals surface area contributed by atoms with Gasteiger partial charge in [0.15, 0.2) is 0 Å². The Kier molecular flexibility index (Phi) is 3.33. The summed E-state index contributed by atoms with van der Waals surface area (Å²) in [7, 11) is 0. The number of nitrogens with one attached hydrogen (secondary N) is 1. The molecule has 100 valence electrons. The number of carbonyl (C=O) groups excluding carboxylic acids is 1. The number of hydrogen-bond acceptors (Lipinski definition) is 3. The third kappa shape index (κ3) is 2.61. The fourth-order valence-corrected chi connectivity index (χ4v) is 1.90. The lowest BCUT2D eigenvalue weighted by molar-refractivity contribution is 0.155. The van der Waals surface area contributed by atoms with Gasteiger partial charge in [-0.1, -0.05) is 36.4 Å². The van der Waals surface area contributed by atoms with Gasteiger partial charge in [0.1, 0.15) is 6.61 Å². The Bertz CT molecular complexity index is 722. The lowest BCUT2D eigenvalue weighted by atomic mass is 10.2. The molecule has 0 saturated carbocycles. The van der Waals surface area contributed by atoms with Gasteiger partial charge in [0.2, 0.25) is 0 Å². The summed E-state index contributed by atoms with van der Waals surface area (Å²) in [5, 5.41) is 6.83. The Balaban J connectivity index is 1.64. The number of rotatable bonds is 3. The summed E-state index contributed by atoms with van der Waals surface area (Å²) >= 11 is 0. The summed E-state index contributed by atoms with van der Waals surface area (Å²) in [4.78, 5) is 11.8. The van der Waals surface area contributed by atoms with Gasteiger partial charge < -0.3 is 4.74 Å². The molecule has 2 aromatic heterocycles. The predicted molar refractivity (Wildman–Crippen MR) is 75.4 cm³/mol. The van der Waals surface area contributed by atoms with Crippen LogP contribution in [0.15, 0.2) is 60.9 Å². The molecule has 5 nitrogen and oxygen atoms in total. The Morgan fingerprint density at radius 3 is 2.80 bits per heavy atom. The minimum Gasteiger partial charge on any atom is -0.444 e. The van der Waals surface area contributed by atoms with Crippen LogP contribution in [0.25, 0.3) is 5.52 Å². The van der Waals surface area contributed by atoms with Gasteiger partial charge in [-0.05, 0) is 17.7 Å². The van der Waals surface area contributed by atoms with E-state index in [2.05, 4.69) is 10.4 Å². The molecule has 0 aliphatic rings. The van der Waals surface area contributed by atoms with Gasteiger partial charge in [-0.3, -0.25) is 5.32 Å². The zero-order valence-electron chi connectivity index (χ0n) is 10.7. The summed E-state index contributed by atoms with van der Waals surface area (Å²) in [6, 6.07) is 15.2. The molecule has 20 heavy (non-hydrogen) atoms. The molecule has 0 saturated heterocycles.